The van der Waals surface area contributed by atoms with E-state index in [1.54, 1.807) is 11.3 Å². The third-order valence-corrected chi connectivity index (χ3v) is 4.79. The standard InChI is InChI=1S/C16H18N2OS/c1-3-18(12-9-7-11(2)8-10-12)16-17-15-13(19)5-4-6-14(15)20-16/h7-10H,3-6H2,1-2H3. The molecule has 1 aromatic heterocycles. The Hall–Kier alpha value is -1.68. The zero-order chi connectivity index (χ0) is 14.1. The van der Waals surface area contributed by atoms with Crippen LogP contribution in [0.1, 0.15) is 40.7 Å². The van der Waals surface area contributed by atoms with Crippen LogP contribution in [0, 0.1) is 6.92 Å². The number of anilines is 2. The van der Waals surface area contributed by atoms with Gasteiger partial charge in [-0.2, -0.15) is 0 Å². The molecule has 0 unspecified atom stereocenters. The fraction of sp³-hybridized carbons (Fsp3) is 0.375. The minimum absolute atomic E-state index is 0.203. The van der Waals surface area contributed by atoms with Crippen molar-refractivity contribution in [2.75, 3.05) is 11.4 Å². The Labute approximate surface area is 123 Å². The topological polar surface area (TPSA) is 33.2 Å². The summed E-state index contributed by atoms with van der Waals surface area (Å²) in [5.41, 5.74) is 3.09. The van der Waals surface area contributed by atoms with Crippen LogP contribution in [0.15, 0.2) is 24.3 Å². The van der Waals surface area contributed by atoms with Gasteiger partial charge >= 0.3 is 0 Å². The molecular weight excluding hydrogens is 268 g/mol. The summed E-state index contributed by atoms with van der Waals surface area (Å²) < 4.78 is 0. The van der Waals surface area contributed by atoms with E-state index in [1.807, 2.05) is 0 Å². The summed E-state index contributed by atoms with van der Waals surface area (Å²) in [7, 11) is 0. The second kappa shape index (κ2) is 5.37. The summed E-state index contributed by atoms with van der Waals surface area (Å²) in [6.45, 7) is 5.05. The number of hydrogen-bond acceptors (Lipinski definition) is 4. The number of fused-ring (bicyclic) bond motifs is 1. The zero-order valence-corrected chi connectivity index (χ0v) is 12.7. The van der Waals surface area contributed by atoms with E-state index in [-0.39, 0.29) is 5.78 Å². The number of aryl methyl sites for hydroxylation is 2. The van der Waals surface area contributed by atoms with Crippen molar-refractivity contribution in [3.63, 3.8) is 0 Å². The Balaban J connectivity index is 1.97. The average molecular weight is 286 g/mol. The number of carbonyl (C=O) groups excluding carboxylic acids is 1. The van der Waals surface area contributed by atoms with Crippen molar-refractivity contribution in [1.29, 1.82) is 0 Å². The molecule has 0 bridgehead atoms. The molecule has 3 nitrogen and oxygen atoms in total. The third-order valence-electron chi connectivity index (χ3n) is 3.65. The molecule has 3 rings (SSSR count). The maximum atomic E-state index is 11.9. The third kappa shape index (κ3) is 2.36. The van der Waals surface area contributed by atoms with Gasteiger partial charge in [0.05, 0.1) is 0 Å². The first-order valence-electron chi connectivity index (χ1n) is 7.06. The number of thiazole rings is 1. The molecule has 0 fully saturated rings. The quantitative estimate of drug-likeness (QED) is 0.850. The van der Waals surface area contributed by atoms with Gasteiger partial charge in [-0.25, -0.2) is 4.98 Å². The molecule has 4 heteroatoms. The van der Waals surface area contributed by atoms with Gasteiger partial charge in [0.15, 0.2) is 10.9 Å². The number of Topliss-reactive ketones (excluding diaryl/α,β-unsaturated/α-hetero) is 1. The predicted octanol–water partition coefficient (Wildman–Crippen LogP) is 4.13. The van der Waals surface area contributed by atoms with Crippen molar-refractivity contribution in [2.24, 2.45) is 0 Å². The summed E-state index contributed by atoms with van der Waals surface area (Å²) in [5.74, 6) is 0.203. The molecule has 0 spiro atoms. The van der Waals surface area contributed by atoms with Gasteiger partial charge in [-0.15, -0.1) is 11.3 Å². The number of benzene rings is 1. The number of nitrogens with zero attached hydrogens (tertiary/aromatic N) is 2. The van der Waals surface area contributed by atoms with Crippen LogP contribution < -0.4 is 4.90 Å². The highest BCUT2D eigenvalue weighted by Crippen LogP contribution is 2.35. The summed E-state index contributed by atoms with van der Waals surface area (Å²) >= 11 is 1.66. The zero-order valence-electron chi connectivity index (χ0n) is 11.8. The molecule has 0 N–H and O–H groups in total. The maximum Gasteiger partial charge on any atom is 0.190 e. The van der Waals surface area contributed by atoms with Crippen molar-refractivity contribution in [1.82, 2.24) is 4.98 Å². The molecule has 0 amide bonds. The van der Waals surface area contributed by atoms with E-state index in [0.717, 1.165) is 35.1 Å². The number of rotatable bonds is 3. The molecule has 0 radical (unpaired) electrons. The highest BCUT2D eigenvalue weighted by molar-refractivity contribution is 7.16. The Morgan fingerprint density at radius 2 is 2.00 bits per heavy atom. The molecule has 1 aromatic carbocycles. The van der Waals surface area contributed by atoms with E-state index in [2.05, 4.69) is 48.0 Å². The second-order valence-electron chi connectivity index (χ2n) is 5.12. The van der Waals surface area contributed by atoms with Crippen LogP contribution in [0.4, 0.5) is 10.8 Å². The predicted molar refractivity (Wildman–Crippen MR) is 83.2 cm³/mol. The average Bonchev–Trinajstić information content (AvgIpc) is 2.87. The van der Waals surface area contributed by atoms with Crippen LogP contribution in [0.5, 0.6) is 0 Å². The Morgan fingerprint density at radius 1 is 1.25 bits per heavy atom. The van der Waals surface area contributed by atoms with E-state index < -0.39 is 0 Å². The normalized spacial score (nSPS) is 14.2. The minimum Gasteiger partial charge on any atom is -0.318 e. The van der Waals surface area contributed by atoms with Crippen LogP contribution in [-0.2, 0) is 6.42 Å². The monoisotopic (exact) mass is 286 g/mol. The van der Waals surface area contributed by atoms with Gasteiger partial charge in [-0.1, -0.05) is 17.7 Å². The minimum atomic E-state index is 0.203. The van der Waals surface area contributed by atoms with E-state index in [9.17, 15) is 4.79 Å². The largest absolute Gasteiger partial charge is 0.318 e. The fourth-order valence-corrected chi connectivity index (χ4v) is 3.73. The molecule has 20 heavy (non-hydrogen) atoms. The molecule has 0 saturated heterocycles. The number of ketones is 1. The van der Waals surface area contributed by atoms with Crippen molar-refractivity contribution < 1.29 is 4.79 Å². The lowest BCUT2D eigenvalue weighted by Crippen LogP contribution is -2.16. The molecule has 1 aliphatic rings. The highest BCUT2D eigenvalue weighted by atomic mass is 32.1. The summed E-state index contributed by atoms with van der Waals surface area (Å²) in [6.07, 6.45) is 2.60. The summed E-state index contributed by atoms with van der Waals surface area (Å²) in [5, 5.41) is 0.941. The van der Waals surface area contributed by atoms with Crippen molar-refractivity contribution in [2.45, 2.75) is 33.1 Å². The Kier molecular flexibility index (Phi) is 3.57. The van der Waals surface area contributed by atoms with E-state index in [1.165, 1.54) is 5.56 Å². The molecule has 2 aromatic rings. The fourth-order valence-electron chi connectivity index (χ4n) is 2.52. The van der Waals surface area contributed by atoms with Gasteiger partial charge in [0.2, 0.25) is 0 Å². The van der Waals surface area contributed by atoms with Gasteiger partial charge in [-0.05, 0) is 38.8 Å². The molecular formula is C16H18N2OS. The lowest BCUT2D eigenvalue weighted by molar-refractivity contribution is 0.0968. The smallest absolute Gasteiger partial charge is 0.190 e. The van der Waals surface area contributed by atoms with Gasteiger partial charge in [0.25, 0.3) is 0 Å². The summed E-state index contributed by atoms with van der Waals surface area (Å²) in [4.78, 5) is 19.8. The highest BCUT2D eigenvalue weighted by Gasteiger charge is 2.24. The number of hydrogen-bond donors (Lipinski definition) is 0. The van der Waals surface area contributed by atoms with Gasteiger partial charge in [-0.3, -0.25) is 4.79 Å². The van der Waals surface area contributed by atoms with Crippen molar-refractivity contribution >= 4 is 27.9 Å². The molecule has 1 aliphatic carbocycles. The molecule has 104 valence electrons. The van der Waals surface area contributed by atoms with E-state index >= 15 is 0 Å². The Morgan fingerprint density at radius 3 is 2.65 bits per heavy atom. The van der Waals surface area contributed by atoms with Crippen molar-refractivity contribution in [3.05, 3.63) is 40.4 Å². The Bertz CT molecular complexity index is 630. The first-order chi connectivity index (χ1) is 9.69. The van der Waals surface area contributed by atoms with Gasteiger partial charge < -0.3 is 4.90 Å². The maximum absolute atomic E-state index is 11.9. The first-order valence-corrected chi connectivity index (χ1v) is 7.88. The molecule has 0 aliphatic heterocycles. The van der Waals surface area contributed by atoms with E-state index in [4.69, 9.17) is 0 Å². The van der Waals surface area contributed by atoms with Crippen LogP contribution in [0.25, 0.3) is 0 Å². The van der Waals surface area contributed by atoms with Gasteiger partial charge in [0.1, 0.15) is 5.69 Å². The molecule has 0 saturated carbocycles. The van der Waals surface area contributed by atoms with Crippen molar-refractivity contribution in [3.8, 4) is 0 Å². The lowest BCUT2D eigenvalue weighted by atomic mass is 10.0. The number of aromatic nitrogens is 1. The van der Waals surface area contributed by atoms with Crippen LogP contribution in [0.2, 0.25) is 0 Å². The number of carbonyl (C=O) groups is 1. The second-order valence-corrected chi connectivity index (χ2v) is 6.19. The van der Waals surface area contributed by atoms with Crippen LogP contribution in [-0.4, -0.2) is 17.3 Å². The van der Waals surface area contributed by atoms with Crippen LogP contribution >= 0.6 is 11.3 Å². The van der Waals surface area contributed by atoms with Crippen LogP contribution in [0.3, 0.4) is 0 Å². The molecule has 0 atom stereocenters. The molecule has 1 heterocycles. The lowest BCUT2D eigenvalue weighted by Gasteiger charge is -2.19. The first kappa shape index (κ1) is 13.3. The van der Waals surface area contributed by atoms with Gasteiger partial charge in [0, 0.05) is 23.5 Å². The summed E-state index contributed by atoms with van der Waals surface area (Å²) in [6, 6.07) is 8.44. The van der Waals surface area contributed by atoms with E-state index in [0.29, 0.717) is 12.1 Å². The SMILES string of the molecule is CCN(c1ccc(C)cc1)c1nc2c(s1)CCCC2=O.